The van der Waals surface area contributed by atoms with E-state index >= 15 is 0 Å². The summed E-state index contributed by atoms with van der Waals surface area (Å²) < 4.78 is 0. The highest BCUT2D eigenvalue weighted by Gasteiger charge is 2.43. The number of aliphatic hydroxyl groups is 1. The number of hydrogen-bond acceptors (Lipinski definition) is 2. The molecule has 2 nitrogen and oxygen atoms in total. The molecule has 2 heteroatoms. The third kappa shape index (κ3) is 2.78. The summed E-state index contributed by atoms with van der Waals surface area (Å²) in [5.74, 6) is 0. The van der Waals surface area contributed by atoms with E-state index in [1.54, 1.807) is 0 Å². The van der Waals surface area contributed by atoms with Crippen LogP contribution < -0.4 is 5.32 Å². The lowest BCUT2D eigenvalue weighted by atomic mass is 9.66. The summed E-state index contributed by atoms with van der Waals surface area (Å²) in [5.41, 5.74) is -0.118. The zero-order chi connectivity index (χ0) is 11.6. The first-order valence-corrected chi connectivity index (χ1v) is 6.98. The van der Waals surface area contributed by atoms with Gasteiger partial charge in [-0.15, -0.1) is 0 Å². The van der Waals surface area contributed by atoms with E-state index in [9.17, 15) is 5.11 Å². The Kier molecular flexibility index (Phi) is 3.60. The Morgan fingerprint density at radius 3 is 2.62 bits per heavy atom. The molecule has 2 fully saturated rings. The van der Waals surface area contributed by atoms with Crippen molar-refractivity contribution in [3.63, 3.8) is 0 Å². The maximum atomic E-state index is 10.9. The van der Waals surface area contributed by atoms with E-state index in [0.29, 0.717) is 11.5 Å². The van der Waals surface area contributed by atoms with Crippen molar-refractivity contribution in [1.82, 2.24) is 5.32 Å². The Labute approximate surface area is 99.8 Å². The van der Waals surface area contributed by atoms with E-state index in [1.165, 1.54) is 32.1 Å². The first kappa shape index (κ1) is 12.4. The Morgan fingerprint density at radius 2 is 1.88 bits per heavy atom. The van der Waals surface area contributed by atoms with Gasteiger partial charge in [-0.05, 0) is 50.5 Å². The van der Waals surface area contributed by atoms with Gasteiger partial charge in [0.2, 0.25) is 0 Å². The Bertz CT molecular complexity index is 231. The molecular weight excluding hydrogens is 198 g/mol. The summed E-state index contributed by atoms with van der Waals surface area (Å²) in [5, 5.41) is 14.5. The largest absolute Gasteiger partial charge is 0.388 e. The van der Waals surface area contributed by atoms with Crippen molar-refractivity contribution in [2.75, 3.05) is 6.54 Å². The fourth-order valence-corrected chi connectivity index (χ4v) is 3.66. The van der Waals surface area contributed by atoms with Crippen molar-refractivity contribution in [3.8, 4) is 0 Å². The van der Waals surface area contributed by atoms with Gasteiger partial charge >= 0.3 is 0 Å². The fourth-order valence-electron chi connectivity index (χ4n) is 3.66. The second kappa shape index (κ2) is 4.66. The van der Waals surface area contributed by atoms with Crippen LogP contribution in [0.15, 0.2) is 0 Å². The molecule has 0 aromatic carbocycles. The second-order valence-electron chi connectivity index (χ2n) is 6.65. The molecule has 1 aliphatic carbocycles. The van der Waals surface area contributed by atoms with Crippen LogP contribution in [0, 0.1) is 5.41 Å². The molecule has 1 saturated heterocycles. The first-order chi connectivity index (χ1) is 7.52. The van der Waals surface area contributed by atoms with Crippen LogP contribution in [-0.2, 0) is 0 Å². The predicted octanol–water partition coefficient (Wildman–Crippen LogP) is 2.85. The molecule has 0 bridgehead atoms. The number of nitrogens with one attached hydrogen (secondary N) is 1. The molecule has 2 rings (SSSR count). The van der Waals surface area contributed by atoms with Crippen LogP contribution in [0.3, 0.4) is 0 Å². The van der Waals surface area contributed by atoms with Crippen LogP contribution in [0.2, 0.25) is 0 Å². The summed E-state index contributed by atoms with van der Waals surface area (Å²) in [6.45, 7) is 5.69. The topological polar surface area (TPSA) is 32.3 Å². The molecule has 2 aliphatic rings. The quantitative estimate of drug-likeness (QED) is 0.719. The maximum absolute atomic E-state index is 10.9. The molecule has 0 radical (unpaired) electrons. The average Bonchev–Trinajstić information content (AvgIpc) is 2.43. The molecule has 1 heterocycles. The third-order valence-corrected chi connectivity index (χ3v) is 4.46. The maximum Gasteiger partial charge on any atom is 0.0805 e. The molecule has 1 aliphatic heterocycles. The van der Waals surface area contributed by atoms with Gasteiger partial charge in [0, 0.05) is 6.04 Å². The van der Waals surface area contributed by atoms with Crippen LogP contribution >= 0.6 is 0 Å². The highest BCUT2D eigenvalue weighted by molar-refractivity contribution is 4.99. The van der Waals surface area contributed by atoms with Crippen molar-refractivity contribution in [2.45, 2.75) is 76.9 Å². The van der Waals surface area contributed by atoms with Crippen molar-refractivity contribution in [1.29, 1.82) is 0 Å². The lowest BCUT2D eigenvalue weighted by molar-refractivity contribution is -0.0674. The normalized spacial score (nSPS) is 40.3. The van der Waals surface area contributed by atoms with Crippen LogP contribution in [0.4, 0.5) is 0 Å². The van der Waals surface area contributed by atoms with Crippen molar-refractivity contribution in [2.24, 2.45) is 5.41 Å². The number of rotatable bonds is 1. The zero-order valence-electron chi connectivity index (χ0n) is 10.9. The molecule has 0 spiro atoms. The van der Waals surface area contributed by atoms with Gasteiger partial charge in [-0.3, -0.25) is 0 Å². The molecule has 2 N–H and O–H groups in total. The van der Waals surface area contributed by atoms with Gasteiger partial charge in [0.25, 0.3) is 0 Å². The van der Waals surface area contributed by atoms with Gasteiger partial charge < -0.3 is 10.4 Å². The molecule has 2 unspecified atom stereocenters. The van der Waals surface area contributed by atoms with E-state index in [2.05, 4.69) is 19.2 Å². The lowest BCUT2D eigenvalue weighted by Crippen LogP contribution is -2.54. The van der Waals surface area contributed by atoms with Gasteiger partial charge in [-0.1, -0.05) is 26.7 Å². The SMILES string of the molecule is CC1(C)CCCC(O)(C2CCCCCN2)C1. The summed E-state index contributed by atoms with van der Waals surface area (Å²) in [4.78, 5) is 0. The summed E-state index contributed by atoms with van der Waals surface area (Å²) in [6.07, 6.45) is 9.45. The first-order valence-electron chi connectivity index (χ1n) is 6.98. The highest BCUT2D eigenvalue weighted by Crippen LogP contribution is 2.43. The van der Waals surface area contributed by atoms with Gasteiger partial charge in [0.1, 0.15) is 0 Å². The Balaban J connectivity index is 2.04. The Hall–Kier alpha value is -0.0800. The molecule has 0 amide bonds. The van der Waals surface area contributed by atoms with Crippen molar-refractivity contribution >= 4 is 0 Å². The van der Waals surface area contributed by atoms with Crippen LogP contribution in [0.1, 0.15) is 65.2 Å². The molecule has 1 saturated carbocycles. The smallest absolute Gasteiger partial charge is 0.0805 e. The molecular formula is C14H27NO. The molecule has 16 heavy (non-hydrogen) atoms. The number of hydrogen-bond donors (Lipinski definition) is 2. The van der Waals surface area contributed by atoms with E-state index in [1.807, 2.05) is 0 Å². The standard InChI is InChI=1S/C14H27NO/c1-13(2)8-6-9-14(16,11-13)12-7-4-3-5-10-15-12/h12,15-16H,3-11H2,1-2H3. The third-order valence-electron chi connectivity index (χ3n) is 4.46. The summed E-state index contributed by atoms with van der Waals surface area (Å²) in [7, 11) is 0. The van der Waals surface area contributed by atoms with Gasteiger partial charge in [0.15, 0.2) is 0 Å². The van der Waals surface area contributed by atoms with Crippen LogP contribution in [0.5, 0.6) is 0 Å². The van der Waals surface area contributed by atoms with Crippen LogP contribution in [-0.4, -0.2) is 23.3 Å². The molecule has 0 aromatic heterocycles. The zero-order valence-corrected chi connectivity index (χ0v) is 10.9. The minimum absolute atomic E-state index is 0.320. The monoisotopic (exact) mass is 225 g/mol. The molecule has 94 valence electrons. The van der Waals surface area contributed by atoms with Gasteiger partial charge in [-0.25, -0.2) is 0 Å². The lowest BCUT2D eigenvalue weighted by Gasteiger charge is -2.46. The molecule has 2 atom stereocenters. The van der Waals surface area contributed by atoms with Gasteiger partial charge in [0.05, 0.1) is 5.60 Å². The van der Waals surface area contributed by atoms with E-state index in [0.717, 1.165) is 25.8 Å². The second-order valence-corrected chi connectivity index (χ2v) is 6.65. The van der Waals surface area contributed by atoms with E-state index in [4.69, 9.17) is 0 Å². The van der Waals surface area contributed by atoms with Gasteiger partial charge in [-0.2, -0.15) is 0 Å². The van der Waals surface area contributed by atoms with Crippen molar-refractivity contribution in [3.05, 3.63) is 0 Å². The van der Waals surface area contributed by atoms with E-state index < -0.39 is 5.60 Å². The van der Waals surface area contributed by atoms with Crippen LogP contribution in [0.25, 0.3) is 0 Å². The minimum atomic E-state index is -0.438. The minimum Gasteiger partial charge on any atom is -0.388 e. The van der Waals surface area contributed by atoms with E-state index in [-0.39, 0.29) is 0 Å². The average molecular weight is 225 g/mol. The fraction of sp³-hybridized carbons (Fsp3) is 1.00. The highest BCUT2D eigenvalue weighted by atomic mass is 16.3. The Morgan fingerprint density at radius 1 is 1.06 bits per heavy atom. The molecule has 0 aromatic rings. The summed E-state index contributed by atoms with van der Waals surface area (Å²) in [6, 6.07) is 0.342. The van der Waals surface area contributed by atoms with Crippen molar-refractivity contribution < 1.29 is 5.11 Å². The predicted molar refractivity (Wildman–Crippen MR) is 67.5 cm³/mol. The summed E-state index contributed by atoms with van der Waals surface area (Å²) >= 11 is 0.